The number of carbonyl (C=O) groups is 1. The van der Waals surface area contributed by atoms with Gasteiger partial charge in [-0.1, -0.05) is 23.9 Å². The number of hydrogen-bond donors (Lipinski definition) is 0. The lowest BCUT2D eigenvalue weighted by Crippen LogP contribution is -2.10. The molecular weight excluding hydrogens is 272 g/mol. The maximum Gasteiger partial charge on any atom is 0.319 e. The maximum absolute atomic E-state index is 11.7. The Morgan fingerprint density at radius 1 is 1.45 bits per heavy atom. The molecule has 0 spiro atoms. The number of nitrogens with zero attached hydrogens (tertiary/aromatic N) is 2. The van der Waals surface area contributed by atoms with Gasteiger partial charge in [-0.05, 0) is 31.5 Å². The lowest BCUT2D eigenvalue weighted by molar-refractivity contribution is -0.140. The molecule has 0 aliphatic carbocycles. The Balaban J connectivity index is 1.86. The molecule has 1 aromatic carbocycles. The predicted octanol–water partition coefficient (Wildman–Crippen LogP) is 2.98. The van der Waals surface area contributed by atoms with E-state index in [1.54, 1.807) is 6.20 Å². The van der Waals surface area contributed by atoms with Gasteiger partial charge in [-0.25, -0.2) is 4.98 Å². The number of aryl methyl sites for hydroxylation is 1. The van der Waals surface area contributed by atoms with Crippen LogP contribution in [0.5, 0.6) is 0 Å². The third-order valence-corrected chi connectivity index (χ3v) is 4.44. The molecule has 0 unspecified atom stereocenters. The minimum Gasteiger partial charge on any atom is -0.462 e. The van der Waals surface area contributed by atoms with Gasteiger partial charge in [0.05, 0.1) is 0 Å². The van der Waals surface area contributed by atoms with Gasteiger partial charge in [-0.3, -0.25) is 9.36 Å². The molecule has 1 aliphatic rings. The van der Waals surface area contributed by atoms with Crippen LogP contribution in [-0.2, 0) is 9.53 Å². The Labute approximate surface area is 122 Å². The van der Waals surface area contributed by atoms with E-state index in [-0.39, 0.29) is 17.3 Å². The molecule has 2 aromatic rings. The monoisotopic (exact) mass is 288 g/mol. The summed E-state index contributed by atoms with van der Waals surface area (Å²) in [6.07, 6.45) is 4.42. The van der Waals surface area contributed by atoms with Gasteiger partial charge >= 0.3 is 5.97 Å². The summed E-state index contributed by atoms with van der Waals surface area (Å²) < 4.78 is 7.20. The van der Waals surface area contributed by atoms with Crippen molar-refractivity contribution >= 4 is 17.7 Å². The van der Waals surface area contributed by atoms with Gasteiger partial charge in [0.1, 0.15) is 11.4 Å². The largest absolute Gasteiger partial charge is 0.462 e. The smallest absolute Gasteiger partial charge is 0.319 e. The second kappa shape index (κ2) is 5.32. The molecule has 5 heteroatoms. The van der Waals surface area contributed by atoms with Crippen molar-refractivity contribution in [1.82, 2.24) is 9.55 Å². The highest BCUT2D eigenvalue weighted by Crippen LogP contribution is 2.32. The van der Waals surface area contributed by atoms with Gasteiger partial charge in [-0.2, -0.15) is 0 Å². The van der Waals surface area contributed by atoms with Crippen LogP contribution in [0.1, 0.15) is 18.9 Å². The molecule has 104 valence electrons. The van der Waals surface area contributed by atoms with Gasteiger partial charge in [0.2, 0.25) is 0 Å². The van der Waals surface area contributed by atoms with Gasteiger partial charge in [0, 0.05) is 24.5 Å². The first-order valence-corrected chi connectivity index (χ1v) is 7.49. The highest BCUT2D eigenvalue weighted by atomic mass is 32.2. The van der Waals surface area contributed by atoms with Crippen LogP contribution in [0.4, 0.5) is 0 Å². The van der Waals surface area contributed by atoms with Crippen LogP contribution >= 0.6 is 11.8 Å². The number of benzene rings is 1. The lowest BCUT2D eigenvalue weighted by Gasteiger charge is -2.09. The Morgan fingerprint density at radius 3 is 3.00 bits per heavy atom. The highest BCUT2D eigenvalue weighted by molar-refractivity contribution is 8.00. The second-order valence-corrected chi connectivity index (χ2v) is 6.18. The molecular formula is C15H16N2O2S. The van der Waals surface area contributed by atoms with E-state index in [9.17, 15) is 4.79 Å². The fraction of sp³-hybridized carbons (Fsp3) is 0.333. The van der Waals surface area contributed by atoms with E-state index in [0.717, 1.165) is 17.3 Å². The molecule has 2 atom stereocenters. The summed E-state index contributed by atoms with van der Waals surface area (Å²) in [4.78, 5) is 16.1. The van der Waals surface area contributed by atoms with E-state index >= 15 is 0 Å². The first-order chi connectivity index (χ1) is 9.63. The van der Waals surface area contributed by atoms with Crippen LogP contribution in [0, 0.1) is 6.92 Å². The highest BCUT2D eigenvalue weighted by Gasteiger charge is 2.33. The van der Waals surface area contributed by atoms with Crippen molar-refractivity contribution in [2.75, 3.05) is 0 Å². The van der Waals surface area contributed by atoms with E-state index in [0.29, 0.717) is 0 Å². The average Bonchev–Trinajstić information content (AvgIpc) is 2.97. The van der Waals surface area contributed by atoms with Crippen molar-refractivity contribution in [2.45, 2.75) is 36.8 Å². The van der Waals surface area contributed by atoms with Gasteiger partial charge in [0.15, 0.2) is 5.16 Å². The second-order valence-electron chi connectivity index (χ2n) is 5.01. The number of thioether (sulfide) groups is 1. The Morgan fingerprint density at radius 2 is 2.30 bits per heavy atom. The van der Waals surface area contributed by atoms with Crippen LogP contribution in [0.3, 0.4) is 0 Å². The molecule has 0 N–H and O–H groups in total. The Hall–Kier alpha value is -1.75. The Bertz CT molecular complexity index is 638. The van der Waals surface area contributed by atoms with Gasteiger partial charge < -0.3 is 4.74 Å². The predicted molar refractivity (Wildman–Crippen MR) is 78.1 cm³/mol. The normalized spacial score (nSPS) is 22.0. The summed E-state index contributed by atoms with van der Waals surface area (Å²) in [6.45, 7) is 3.98. The number of carbonyl (C=O) groups excluding carboxylic acids is 1. The zero-order valence-corrected chi connectivity index (χ0v) is 12.3. The summed E-state index contributed by atoms with van der Waals surface area (Å²) in [5.74, 6) is -0.138. The number of esters is 1. The summed E-state index contributed by atoms with van der Waals surface area (Å²) >= 11 is 1.47. The third-order valence-electron chi connectivity index (χ3n) is 3.26. The Kier molecular flexibility index (Phi) is 3.53. The molecule has 0 radical (unpaired) electrons. The van der Waals surface area contributed by atoms with Gasteiger partial charge in [-0.15, -0.1) is 0 Å². The van der Waals surface area contributed by atoms with Crippen LogP contribution in [0.2, 0.25) is 0 Å². The topological polar surface area (TPSA) is 44.1 Å². The number of hydrogen-bond acceptors (Lipinski definition) is 4. The van der Waals surface area contributed by atoms with Crippen LogP contribution in [-0.4, -0.2) is 26.9 Å². The number of cyclic esters (lactones) is 1. The van der Waals surface area contributed by atoms with Crippen molar-refractivity contribution in [1.29, 1.82) is 0 Å². The van der Waals surface area contributed by atoms with E-state index in [2.05, 4.69) is 24.0 Å². The number of imidazole rings is 1. The first-order valence-electron chi connectivity index (χ1n) is 6.61. The summed E-state index contributed by atoms with van der Waals surface area (Å²) in [5, 5.41) is 0.669. The van der Waals surface area contributed by atoms with Crippen molar-refractivity contribution in [3.05, 3.63) is 42.2 Å². The molecule has 1 aromatic heterocycles. The van der Waals surface area contributed by atoms with Crippen molar-refractivity contribution < 1.29 is 9.53 Å². The summed E-state index contributed by atoms with van der Waals surface area (Å²) in [7, 11) is 0. The molecule has 20 heavy (non-hydrogen) atoms. The molecule has 4 nitrogen and oxygen atoms in total. The zero-order valence-electron chi connectivity index (χ0n) is 11.4. The fourth-order valence-corrected chi connectivity index (χ4v) is 3.47. The number of ether oxygens (including phenoxy) is 1. The summed E-state index contributed by atoms with van der Waals surface area (Å²) in [5.41, 5.74) is 2.26. The molecule has 0 bridgehead atoms. The minimum absolute atomic E-state index is 0.00221. The molecule has 0 amide bonds. The van der Waals surface area contributed by atoms with E-state index in [1.807, 2.05) is 29.8 Å². The lowest BCUT2D eigenvalue weighted by atomic mass is 10.2. The zero-order chi connectivity index (χ0) is 14.1. The molecule has 2 heterocycles. The molecule has 3 rings (SSSR count). The van der Waals surface area contributed by atoms with Gasteiger partial charge in [0.25, 0.3) is 0 Å². The standard InChI is InChI=1S/C15H16N2O2S/c1-10-4-3-5-12(8-10)17-7-6-16-15(17)20-13-9-11(2)19-14(13)18/h3-8,11,13H,9H2,1-2H3/t11-,13+/m1/s1. The van der Waals surface area contributed by atoms with Crippen molar-refractivity contribution in [2.24, 2.45) is 0 Å². The minimum atomic E-state index is -0.157. The molecule has 0 saturated carbocycles. The van der Waals surface area contributed by atoms with E-state index < -0.39 is 0 Å². The van der Waals surface area contributed by atoms with Crippen LogP contribution in [0.25, 0.3) is 5.69 Å². The number of rotatable bonds is 3. The SMILES string of the molecule is Cc1cccc(-n2ccnc2S[C@H]2C[C@@H](C)OC2=O)c1. The summed E-state index contributed by atoms with van der Waals surface area (Å²) in [6, 6.07) is 8.21. The third kappa shape index (κ3) is 2.58. The number of aromatic nitrogens is 2. The fourth-order valence-electron chi connectivity index (χ4n) is 2.29. The van der Waals surface area contributed by atoms with Crippen molar-refractivity contribution in [3.63, 3.8) is 0 Å². The first kappa shape index (κ1) is 13.2. The van der Waals surface area contributed by atoms with Crippen molar-refractivity contribution in [3.8, 4) is 5.69 Å². The van der Waals surface area contributed by atoms with Crippen LogP contribution < -0.4 is 0 Å². The molecule has 1 fully saturated rings. The van der Waals surface area contributed by atoms with E-state index in [1.165, 1.54) is 17.3 Å². The van der Waals surface area contributed by atoms with Crippen LogP contribution in [0.15, 0.2) is 41.8 Å². The average molecular weight is 288 g/mol. The quantitative estimate of drug-likeness (QED) is 0.814. The van der Waals surface area contributed by atoms with E-state index in [4.69, 9.17) is 4.74 Å². The molecule has 1 saturated heterocycles. The molecule has 1 aliphatic heterocycles. The maximum atomic E-state index is 11.7.